The number of rotatable bonds is 8. The van der Waals surface area contributed by atoms with E-state index in [1.807, 2.05) is 25.7 Å². The summed E-state index contributed by atoms with van der Waals surface area (Å²) in [5.74, 6) is 0.305. The number of fused-ring (bicyclic) bond motifs is 1. The third-order valence-electron chi connectivity index (χ3n) is 6.46. The Bertz CT molecular complexity index is 841. The maximum absolute atomic E-state index is 13.7. The van der Waals surface area contributed by atoms with E-state index in [2.05, 4.69) is 5.32 Å². The Labute approximate surface area is 196 Å². The molecule has 2 atom stereocenters. The third-order valence-corrected chi connectivity index (χ3v) is 6.78. The number of halogens is 1. The van der Waals surface area contributed by atoms with Crippen LogP contribution in [0.2, 0.25) is 5.02 Å². The molecule has 3 rings (SSSR count). The molecule has 7 nitrogen and oxygen atoms in total. The van der Waals surface area contributed by atoms with Crippen LogP contribution < -0.4 is 15.0 Å². The van der Waals surface area contributed by atoms with Gasteiger partial charge in [0.2, 0.25) is 0 Å². The fourth-order valence-electron chi connectivity index (χ4n) is 4.53. The lowest BCUT2D eigenvalue weighted by molar-refractivity contribution is -0.134. The second-order valence-corrected chi connectivity index (χ2v) is 9.50. The number of methoxy groups -OCH3 is 1. The highest BCUT2D eigenvalue weighted by Gasteiger charge is 2.44. The molecule has 0 spiro atoms. The van der Waals surface area contributed by atoms with Crippen LogP contribution in [-0.2, 0) is 9.53 Å². The average molecular weight is 466 g/mol. The summed E-state index contributed by atoms with van der Waals surface area (Å²) in [6.45, 7) is 10.5. The minimum Gasteiger partial charge on any atom is -0.475 e. The normalized spacial score (nSPS) is 23.2. The largest absolute Gasteiger partial charge is 0.475 e. The van der Waals surface area contributed by atoms with Gasteiger partial charge in [0.1, 0.15) is 5.75 Å². The molecule has 1 aromatic carbocycles. The first-order chi connectivity index (χ1) is 15.2. The highest BCUT2D eigenvalue weighted by molar-refractivity contribution is 6.34. The molecule has 1 N–H and O–H groups in total. The van der Waals surface area contributed by atoms with E-state index >= 15 is 0 Å². The van der Waals surface area contributed by atoms with Crippen LogP contribution in [0.25, 0.3) is 0 Å². The van der Waals surface area contributed by atoms with Crippen molar-refractivity contribution in [3.63, 3.8) is 0 Å². The van der Waals surface area contributed by atoms with Gasteiger partial charge in [-0.3, -0.25) is 9.59 Å². The van der Waals surface area contributed by atoms with E-state index in [9.17, 15) is 9.59 Å². The van der Waals surface area contributed by atoms with Crippen LogP contribution in [0.5, 0.6) is 5.75 Å². The maximum atomic E-state index is 13.7. The number of hydrogen-bond acceptors (Lipinski definition) is 5. The second kappa shape index (κ2) is 10.4. The molecule has 32 heavy (non-hydrogen) atoms. The number of anilines is 1. The number of piperidine rings is 1. The summed E-state index contributed by atoms with van der Waals surface area (Å²) in [5.41, 5.74) is 0.0281. The second-order valence-electron chi connectivity index (χ2n) is 9.10. The van der Waals surface area contributed by atoms with E-state index in [0.29, 0.717) is 48.0 Å². The molecule has 8 heteroatoms. The number of carbonyl (C=O) groups excluding carboxylic acids is 2. The number of hydrogen-bond donors (Lipinski definition) is 1. The summed E-state index contributed by atoms with van der Waals surface area (Å²) in [5, 5.41) is 3.73. The molecule has 2 heterocycles. The minimum absolute atomic E-state index is 0.0265. The number of benzene rings is 1. The monoisotopic (exact) mass is 465 g/mol. The highest BCUT2D eigenvalue weighted by Crippen LogP contribution is 2.42. The first kappa shape index (κ1) is 24.8. The van der Waals surface area contributed by atoms with Crippen molar-refractivity contribution in [2.24, 2.45) is 0 Å². The number of nitrogens with one attached hydrogen (secondary N) is 1. The van der Waals surface area contributed by atoms with Gasteiger partial charge in [0.15, 0.2) is 5.60 Å². The first-order valence-electron chi connectivity index (χ1n) is 11.6. The van der Waals surface area contributed by atoms with Gasteiger partial charge in [0.05, 0.1) is 16.3 Å². The van der Waals surface area contributed by atoms with E-state index in [1.54, 1.807) is 31.1 Å². The van der Waals surface area contributed by atoms with Crippen molar-refractivity contribution < 1.29 is 19.1 Å². The van der Waals surface area contributed by atoms with Crippen LogP contribution in [0.1, 0.15) is 63.7 Å². The van der Waals surface area contributed by atoms with Crippen molar-refractivity contribution in [2.45, 2.75) is 71.1 Å². The summed E-state index contributed by atoms with van der Waals surface area (Å²) in [6, 6.07) is 3.55. The van der Waals surface area contributed by atoms with E-state index in [0.717, 1.165) is 25.9 Å². The lowest BCUT2D eigenvalue weighted by Crippen LogP contribution is -2.54. The topological polar surface area (TPSA) is 71.1 Å². The Morgan fingerprint density at radius 2 is 2.19 bits per heavy atom. The summed E-state index contributed by atoms with van der Waals surface area (Å²) in [4.78, 5) is 30.6. The molecule has 1 saturated heterocycles. The lowest BCUT2D eigenvalue weighted by Gasteiger charge is -2.41. The molecule has 2 aliphatic heterocycles. The molecule has 0 aliphatic carbocycles. The van der Waals surface area contributed by atoms with Crippen molar-refractivity contribution in [2.75, 3.05) is 38.3 Å². The SMILES string of the molecule is CCC1(C)Oc2cc(Cl)c(C(=O)N(C(C)C)[C@@H]3CCCNC3)cc2N(CCCOC)C1=O. The van der Waals surface area contributed by atoms with Crippen LogP contribution in [0.4, 0.5) is 5.69 Å². The highest BCUT2D eigenvalue weighted by atomic mass is 35.5. The van der Waals surface area contributed by atoms with E-state index in [4.69, 9.17) is 21.1 Å². The van der Waals surface area contributed by atoms with Gasteiger partial charge >= 0.3 is 0 Å². The molecule has 0 saturated carbocycles. The predicted molar refractivity (Wildman–Crippen MR) is 127 cm³/mol. The zero-order valence-electron chi connectivity index (χ0n) is 19.9. The molecule has 1 fully saturated rings. The first-order valence-corrected chi connectivity index (χ1v) is 12.0. The van der Waals surface area contributed by atoms with Gasteiger partial charge in [-0.2, -0.15) is 0 Å². The van der Waals surface area contributed by atoms with Crippen molar-refractivity contribution in [3.8, 4) is 5.75 Å². The van der Waals surface area contributed by atoms with Crippen molar-refractivity contribution in [1.82, 2.24) is 10.2 Å². The number of ether oxygens (including phenoxy) is 2. The molecule has 0 radical (unpaired) electrons. The van der Waals surface area contributed by atoms with Gasteiger partial charge in [-0.25, -0.2) is 0 Å². The zero-order chi connectivity index (χ0) is 23.5. The van der Waals surface area contributed by atoms with Gasteiger partial charge in [-0.15, -0.1) is 0 Å². The fraction of sp³-hybridized carbons (Fsp3) is 0.667. The maximum Gasteiger partial charge on any atom is 0.270 e. The van der Waals surface area contributed by atoms with Crippen LogP contribution >= 0.6 is 11.6 Å². The quantitative estimate of drug-likeness (QED) is 0.590. The Morgan fingerprint density at radius 3 is 2.78 bits per heavy atom. The van der Waals surface area contributed by atoms with Crippen LogP contribution in [-0.4, -0.2) is 67.7 Å². The average Bonchev–Trinajstić information content (AvgIpc) is 2.76. The Balaban J connectivity index is 2.00. The molecule has 0 aromatic heterocycles. The van der Waals surface area contributed by atoms with Gasteiger partial charge in [-0.1, -0.05) is 18.5 Å². The Kier molecular flexibility index (Phi) is 8.06. The van der Waals surface area contributed by atoms with Crippen molar-refractivity contribution in [3.05, 3.63) is 22.7 Å². The summed E-state index contributed by atoms with van der Waals surface area (Å²) in [7, 11) is 1.64. The lowest BCUT2D eigenvalue weighted by atomic mass is 9.97. The van der Waals surface area contributed by atoms with Crippen LogP contribution in [0.15, 0.2) is 12.1 Å². The van der Waals surface area contributed by atoms with E-state index in [-0.39, 0.29) is 23.9 Å². The Hall–Kier alpha value is -1.83. The molecule has 2 aliphatic rings. The number of carbonyl (C=O) groups is 2. The third kappa shape index (κ3) is 4.90. The van der Waals surface area contributed by atoms with Crippen molar-refractivity contribution in [1.29, 1.82) is 0 Å². The van der Waals surface area contributed by atoms with E-state index < -0.39 is 5.60 Å². The smallest absolute Gasteiger partial charge is 0.270 e. The summed E-state index contributed by atoms with van der Waals surface area (Å²) in [6.07, 6.45) is 3.20. The molecule has 0 bridgehead atoms. The minimum atomic E-state index is -0.966. The molecule has 1 unspecified atom stereocenters. The number of amides is 2. The molecular formula is C24H36ClN3O4. The summed E-state index contributed by atoms with van der Waals surface area (Å²) < 4.78 is 11.3. The van der Waals surface area contributed by atoms with Gasteiger partial charge in [-0.05, 0) is 59.1 Å². The van der Waals surface area contributed by atoms with Gasteiger partial charge in [0.25, 0.3) is 11.8 Å². The molecule has 2 amide bonds. The molecule has 1 aromatic rings. The Morgan fingerprint density at radius 1 is 1.44 bits per heavy atom. The van der Waals surface area contributed by atoms with Crippen LogP contribution in [0, 0.1) is 0 Å². The summed E-state index contributed by atoms with van der Waals surface area (Å²) >= 11 is 6.62. The number of nitrogens with zero attached hydrogens (tertiary/aromatic N) is 2. The van der Waals surface area contributed by atoms with Gasteiger partial charge < -0.3 is 24.6 Å². The standard InChI is InChI=1S/C24H36ClN3O4/c1-6-24(4)23(30)27(11-8-12-31-5)20-13-18(19(25)14-21(20)32-24)22(29)28(16(2)3)17-9-7-10-26-15-17/h13-14,16-17,26H,6-12,15H2,1-5H3/t17-,24?/m1/s1. The predicted octanol–water partition coefficient (Wildman–Crippen LogP) is 3.87. The van der Waals surface area contributed by atoms with Crippen molar-refractivity contribution >= 4 is 29.1 Å². The van der Waals surface area contributed by atoms with E-state index in [1.165, 1.54) is 0 Å². The fourth-order valence-corrected chi connectivity index (χ4v) is 4.76. The van der Waals surface area contributed by atoms with Gasteiger partial charge in [0, 0.05) is 45.0 Å². The molecular weight excluding hydrogens is 430 g/mol. The zero-order valence-corrected chi connectivity index (χ0v) is 20.6. The molecule has 178 valence electrons. The van der Waals surface area contributed by atoms with Crippen LogP contribution in [0.3, 0.4) is 0 Å².